The summed E-state index contributed by atoms with van der Waals surface area (Å²) in [5, 5.41) is 20.5. The summed E-state index contributed by atoms with van der Waals surface area (Å²) in [4.78, 5) is 22.2. The number of carboxylic acids is 1. The van der Waals surface area contributed by atoms with Gasteiger partial charge < -0.3 is 20.3 Å². The smallest absolute Gasteiger partial charge is 0.332 e. The van der Waals surface area contributed by atoms with Gasteiger partial charge in [-0.2, -0.15) is 0 Å². The Morgan fingerprint density at radius 3 is 2.31 bits per heavy atom. The van der Waals surface area contributed by atoms with Crippen LogP contribution in [0.4, 0.5) is 0 Å². The van der Waals surface area contributed by atoms with Crippen molar-refractivity contribution in [1.82, 2.24) is 5.32 Å². The van der Waals surface area contributed by atoms with Gasteiger partial charge in [-0.3, -0.25) is 4.79 Å². The van der Waals surface area contributed by atoms with Crippen LogP contribution in [0.25, 0.3) is 0 Å². The van der Waals surface area contributed by atoms with Gasteiger partial charge in [-0.15, -0.1) is 0 Å². The molecule has 0 aromatic carbocycles. The minimum atomic E-state index is -1.02. The van der Waals surface area contributed by atoms with Gasteiger partial charge in [-0.1, -0.05) is 0 Å². The Hall–Kier alpha value is -1.14. The maximum absolute atomic E-state index is 11.6. The van der Waals surface area contributed by atoms with Crippen molar-refractivity contribution >= 4 is 11.9 Å². The first kappa shape index (κ1) is 11.3. The van der Waals surface area contributed by atoms with Crippen molar-refractivity contribution in [3.8, 4) is 0 Å². The normalized spacial score (nSPS) is 37.8. The maximum Gasteiger partial charge on any atom is 0.332 e. The molecule has 0 aromatic heterocycles. The third-order valence-electron chi connectivity index (χ3n) is 3.05. The molecule has 2 aliphatic rings. The van der Waals surface area contributed by atoms with E-state index < -0.39 is 18.2 Å². The van der Waals surface area contributed by atoms with Gasteiger partial charge in [0.1, 0.15) is 6.10 Å². The number of hydrogen-bond donors (Lipinski definition) is 3. The highest BCUT2D eigenvalue weighted by molar-refractivity contribution is 5.82. The molecule has 2 fully saturated rings. The molecule has 0 unspecified atom stereocenters. The molecule has 1 aliphatic carbocycles. The molecule has 90 valence electrons. The highest BCUT2D eigenvalue weighted by Gasteiger charge is 2.37. The van der Waals surface area contributed by atoms with Crippen LogP contribution in [0.3, 0.4) is 0 Å². The fourth-order valence-corrected chi connectivity index (χ4v) is 2.01. The Labute approximate surface area is 92.6 Å². The molecule has 2 rings (SSSR count). The van der Waals surface area contributed by atoms with Gasteiger partial charge in [0.25, 0.3) is 0 Å². The van der Waals surface area contributed by atoms with Gasteiger partial charge >= 0.3 is 5.97 Å². The molecule has 1 saturated carbocycles. The molecule has 6 nitrogen and oxygen atoms in total. The van der Waals surface area contributed by atoms with E-state index in [4.69, 9.17) is 14.9 Å². The highest BCUT2D eigenvalue weighted by Crippen LogP contribution is 2.23. The molecule has 0 bridgehead atoms. The van der Waals surface area contributed by atoms with Gasteiger partial charge in [0.2, 0.25) is 5.91 Å². The van der Waals surface area contributed by atoms with E-state index in [1.165, 1.54) is 0 Å². The van der Waals surface area contributed by atoms with E-state index in [9.17, 15) is 9.59 Å². The number of aliphatic carboxylic acids is 1. The second-order valence-electron chi connectivity index (χ2n) is 4.36. The summed E-state index contributed by atoms with van der Waals surface area (Å²) in [6.45, 7) is 0. The summed E-state index contributed by atoms with van der Waals surface area (Å²) in [5.41, 5.74) is 0. The lowest BCUT2D eigenvalue weighted by molar-refractivity contribution is -0.152. The van der Waals surface area contributed by atoms with E-state index in [2.05, 4.69) is 5.32 Å². The quantitative estimate of drug-likeness (QED) is 0.592. The average Bonchev–Trinajstić information content (AvgIpc) is 2.63. The summed E-state index contributed by atoms with van der Waals surface area (Å²) in [5.74, 6) is -1.28. The summed E-state index contributed by atoms with van der Waals surface area (Å²) in [6.07, 6.45) is 0.128. The first-order valence-electron chi connectivity index (χ1n) is 5.43. The summed E-state index contributed by atoms with van der Waals surface area (Å²) < 4.78 is 5.11. The van der Waals surface area contributed by atoms with Crippen LogP contribution in [0.15, 0.2) is 0 Å². The summed E-state index contributed by atoms with van der Waals surface area (Å²) in [7, 11) is 0. The van der Waals surface area contributed by atoms with Crippen molar-refractivity contribution in [2.75, 3.05) is 0 Å². The number of ether oxygens (including phenoxy) is 1. The third-order valence-corrected chi connectivity index (χ3v) is 3.05. The Bertz CT molecular complexity index is 300. The predicted octanol–water partition coefficient (Wildman–Crippen LogP) is -0.742. The molecule has 16 heavy (non-hydrogen) atoms. The molecule has 0 radical (unpaired) electrons. The van der Waals surface area contributed by atoms with Gasteiger partial charge in [-0.25, -0.2) is 4.79 Å². The lowest BCUT2D eigenvalue weighted by Crippen LogP contribution is -2.49. The van der Waals surface area contributed by atoms with E-state index in [0.717, 1.165) is 0 Å². The van der Waals surface area contributed by atoms with Crippen LogP contribution in [0.1, 0.15) is 25.7 Å². The number of amides is 1. The Morgan fingerprint density at radius 1 is 1.19 bits per heavy atom. The van der Waals surface area contributed by atoms with E-state index >= 15 is 0 Å². The second kappa shape index (κ2) is 4.39. The first-order valence-corrected chi connectivity index (χ1v) is 5.43. The molecule has 3 N–H and O–H groups in total. The van der Waals surface area contributed by atoms with Crippen molar-refractivity contribution in [1.29, 1.82) is 0 Å². The number of rotatable bonds is 3. The zero-order chi connectivity index (χ0) is 11.7. The Balaban J connectivity index is 1.76. The average molecular weight is 229 g/mol. The number of carbonyl (C=O) groups is 2. The largest absolute Gasteiger partial charge is 0.479 e. The first-order chi connectivity index (χ1) is 7.56. The fraction of sp³-hybridized carbons (Fsp3) is 0.800. The third kappa shape index (κ3) is 2.33. The van der Waals surface area contributed by atoms with Gasteiger partial charge in [0.05, 0.1) is 6.10 Å². The van der Waals surface area contributed by atoms with E-state index in [0.29, 0.717) is 25.7 Å². The maximum atomic E-state index is 11.6. The number of hydrogen-bond acceptors (Lipinski definition) is 4. The molecule has 1 amide bonds. The van der Waals surface area contributed by atoms with Crippen molar-refractivity contribution in [2.24, 2.45) is 0 Å². The number of aliphatic hydroxyl groups excluding tert-OH is 1. The molecular formula is C10H15NO5. The van der Waals surface area contributed by atoms with Crippen LogP contribution in [0.5, 0.6) is 0 Å². The minimum absolute atomic E-state index is 0.00924. The zero-order valence-corrected chi connectivity index (χ0v) is 8.76. The number of aliphatic hydroxyl groups is 1. The van der Waals surface area contributed by atoms with Crippen LogP contribution in [0, 0.1) is 0 Å². The molecule has 6 heteroatoms. The van der Waals surface area contributed by atoms with Crippen LogP contribution < -0.4 is 5.32 Å². The van der Waals surface area contributed by atoms with Gasteiger partial charge in [0, 0.05) is 6.04 Å². The highest BCUT2D eigenvalue weighted by atomic mass is 16.5. The minimum Gasteiger partial charge on any atom is -0.479 e. The molecule has 1 heterocycles. The molecule has 1 aliphatic heterocycles. The Morgan fingerprint density at radius 2 is 1.81 bits per heavy atom. The van der Waals surface area contributed by atoms with Crippen molar-refractivity contribution in [3.63, 3.8) is 0 Å². The Kier molecular flexibility index (Phi) is 3.11. The zero-order valence-electron chi connectivity index (χ0n) is 8.76. The standard InChI is InChI=1S/C10H15NO5/c12-6-3-5(4-6)11-9(13)7-1-2-8(16-7)10(14)15/h5-8,12H,1-4H2,(H,11,13)(H,14,15)/t5?,6?,7-,8+/m0/s1. The fourth-order valence-electron chi connectivity index (χ4n) is 2.01. The monoisotopic (exact) mass is 229 g/mol. The summed E-state index contributed by atoms with van der Waals surface area (Å²) in [6, 6.07) is 0.00924. The SMILES string of the molecule is O=C(NC1CC(O)C1)[C@@H]1CC[C@H](C(=O)O)O1. The van der Waals surface area contributed by atoms with E-state index in [1.54, 1.807) is 0 Å². The molecule has 1 saturated heterocycles. The van der Waals surface area contributed by atoms with Gasteiger partial charge in [0.15, 0.2) is 6.10 Å². The molecule has 2 atom stereocenters. The van der Waals surface area contributed by atoms with Crippen molar-refractivity contribution in [3.05, 3.63) is 0 Å². The lowest BCUT2D eigenvalue weighted by atomic mass is 9.89. The molecule has 0 spiro atoms. The van der Waals surface area contributed by atoms with E-state index in [-0.39, 0.29) is 18.1 Å². The van der Waals surface area contributed by atoms with Crippen LogP contribution >= 0.6 is 0 Å². The predicted molar refractivity (Wildman–Crippen MR) is 52.7 cm³/mol. The van der Waals surface area contributed by atoms with Crippen LogP contribution in [-0.4, -0.2) is 46.4 Å². The van der Waals surface area contributed by atoms with Crippen LogP contribution in [0.2, 0.25) is 0 Å². The number of nitrogens with one attached hydrogen (secondary N) is 1. The van der Waals surface area contributed by atoms with Gasteiger partial charge in [-0.05, 0) is 25.7 Å². The number of carboxylic acid groups (broad SMARTS) is 1. The second-order valence-corrected chi connectivity index (χ2v) is 4.36. The van der Waals surface area contributed by atoms with Crippen LogP contribution in [-0.2, 0) is 14.3 Å². The van der Waals surface area contributed by atoms with Crippen molar-refractivity contribution < 1.29 is 24.5 Å². The lowest BCUT2D eigenvalue weighted by Gasteiger charge is -2.32. The van der Waals surface area contributed by atoms with Crippen molar-refractivity contribution in [2.45, 2.75) is 50.0 Å². The topological polar surface area (TPSA) is 95.9 Å². The molecular weight excluding hydrogens is 214 g/mol. The summed E-state index contributed by atoms with van der Waals surface area (Å²) >= 11 is 0. The number of carbonyl (C=O) groups excluding carboxylic acids is 1. The molecule has 0 aromatic rings. The van der Waals surface area contributed by atoms with E-state index in [1.807, 2.05) is 0 Å².